The van der Waals surface area contributed by atoms with Gasteiger partial charge in [-0.1, -0.05) is 23.2 Å². The van der Waals surface area contributed by atoms with Crippen LogP contribution in [-0.4, -0.2) is 16.5 Å². The van der Waals surface area contributed by atoms with Crippen molar-refractivity contribution in [2.45, 2.75) is 6.92 Å². The maximum absolute atomic E-state index is 5.93. The first-order chi connectivity index (χ1) is 9.06. The fourth-order valence-corrected chi connectivity index (χ4v) is 2.10. The average molecular weight is 298 g/mol. The van der Waals surface area contributed by atoms with Crippen LogP contribution in [0.3, 0.4) is 0 Å². The largest absolute Gasteiger partial charge is 0.370 e. The van der Waals surface area contributed by atoms with E-state index in [0.717, 1.165) is 12.2 Å². The number of rotatable bonds is 4. The van der Waals surface area contributed by atoms with E-state index in [2.05, 4.69) is 20.6 Å². The quantitative estimate of drug-likeness (QED) is 0.805. The van der Waals surface area contributed by atoms with Crippen molar-refractivity contribution in [3.63, 3.8) is 0 Å². The van der Waals surface area contributed by atoms with Crippen molar-refractivity contribution in [3.05, 3.63) is 34.3 Å². The Morgan fingerprint density at radius 2 is 1.68 bits per heavy atom. The van der Waals surface area contributed by atoms with Crippen LogP contribution >= 0.6 is 23.2 Å². The first-order valence-electron chi connectivity index (χ1n) is 5.68. The van der Waals surface area contributed by atoms with Crippen LogP contribution in [0.25, 0.3) is 0 Å². The second kappa shape index (κ2) is 5.95. The molecule has 0 aliphatic carbocycles. The van der Waals surface area contributed by atoms with Gasteiger partial charge in [-0.25, -0.2) is 0 Å². The molecule has 0 saturated carbocycles. The topological polar surface area (TPSA) is 75.9 Å². The van der Waals surface area contributed by atoms with Crippen LogP contribution < -0.4 is 16.4 Å². The van der Waals surface area contributed by atoms with Gasteiger partial charge in [0.2, 0.25) is 5.95 Å². The van der Waals surface area contributed by atoms with Gasteiger partial charge in [0.05, 0.1) is 0 Å². The summed E-state index contributed by atoms with van der Waals surface area (Å²) in [5.41, 5.74) is 6.38. The van der Waals surface area contributed by atoms with Crippen molar-refractivity contribution < 1.29 is 0 Å². The second-order valence-corrected chi connectivity index (χ2v) is 4.68. The van der Waals surface area contributed by atoms with E-state index in [-0.39, 0.29) is 5.95 Å². The molecule has 1 heterocycles. The van der Waals surface area contributed by atoms with E-state index in [4.69, 9.17) is 28.9 Å². The van der Waals surface area contributed by atoms with Gasteiger partial charge in [0.25, 0.3) is 0 Å². The lowest BCUT2D eigenvalue weighted by molar-refractivity contribution is 1.12. The molecule has 0 bridgehead atoms. The van der Waals surface area contributed by atoms with Crippen LogP contribution in [0.1, 0.15) is 6.92 Å². The molecule has 0 amide bonds. The molecule has 0 aliphatic rings. The number of aromatic nitrogens is 2. The highest BCUT2D eigenvalue weighted by Crippen LogP contribution is 2.25. The van der Waals surface area contributed by atoms with Crippen LogP contribution in [0.15, 0.2) is 24.3 Å². The van der Waals surface area contributed by atoms with Crippen molar-refractivity contribution in [2.75, 3.05) is 22.9 Å². The van der Waals surface area contributed by atoms with E-state index in [1.165, 1.54) is 0 Å². The molecule has 2 rings (SSSR count). The van der Waals surface area contributed by atoms with Gasteiger partial charge in [0.1, 0.15) is 11.6 Å². The summed E-state index contributed by atoms with van der Waals surface area (Å²) in [7, 11) is 0. The summed E-state index contributed by atoms with van der Waals surface area (Å²) in [5.74, 6) is 1.42. The number of benzene rings is 1. The highest BCUT2D eigenvalue weighted by atomic mass is 35.5. The summed E-state index contributed by atoms with van der Waals surface area (Å²) in [5, 5.41) is 7.25. The molecular formula is C12H13Cl2N5. The minimum absolute atomic E-state index is 0.189. The Kier molecular flexibility index (Phi) is 4.29. The third kappa shape index (κ3) is 3.87. The predicted octanol–water partition coefficient (Wildman–Crippen LogP) is 3.54. The fourth-order valence-electron chi connectivity index (χ4n) is 1.58. The number of nitrogens with two attached hydrogens (primary N) is 1. The summed E-state index contributed by atoms with van der Waals surface area (Å²) >= 11 is 11.9. The molecule has 100 valence electrons. The van der Waals surface area contributed by atoms with E-state index in [0.29, 0.717) is 21.7 Å². The van der Waals surface area contributed by atoms with Crippen LogP contribution in [-0.2, 0) is 0 Å². The molecule has 0 spiro atoms. The number of nitrogen functional groups attached to an aromatic ring is 1. The maximum atomic E-state index is 5.93. The van der Waals surface area contributed by atoms with Gasteiger partial charge in [-0.05, 0) is 25.1 Å². The van der Waals surface area contributed by atoms with Crippen molar-refractivity contribution in [3.8, 4) is 0 Å². The molecule has 0 fully saturated rings. The Morgan fingerprint density at radius 1 is 1.05 bits per heavy atom. The standard InChI is InChI=1S/C12H13Cl2N5/c1-2-16-10-6-11(19-12(15)18-10)17-9-4-7(13)3-8(14)5-9/h3-6H,2H2,1H3,(H4,15,16,17,18,19). The Hall–Kier alpha value is -1.72. The van der Waals surface area contributed by atoms with Gasteiger partial charge in [-0.3, -0.25) is 0 Å². The van der Waals surface area contributed by atoms with Crippen molar-refractivity contribution in [2.24, 2.45) is 0 Å². The molecule has 0 radical (unpaired) electrons. The van der Waals surface area contributed by atoms with Gasteiger partial charge in [0.15, 0.2) is 0 Å². The smallest absolute Gasteiger partial charge is 0.223 e. The lowest BCUT2D eigenvalue weighted by atomic mass is 10.3. The van der Waals surface area contributed by atoms with E-state index in [9.17, 15) is 0 Å². The molecule has 19 heavy (non-hydrogen) atoms. The number of nitrogens with zero attached hydrogens (tertiary/aromatic N) is 2. The molecule has 4 N–H and O–H groups in total. The maximum Gasteiger partial charge on any atom is 0.223 e. The van der Waals surface area contributed by atoms with E-state index in [1.54, 1.807) is 24.3 Å². The van der Waals surface area contributed by atoms with Crippen LogP contribution in [0.4, 0.5) is 23.3 Å². The van der Waals surface area contributed by atoms with Crippen molar-refractivity contribution >= 4 is 46.5 Å². The third-order valence-corrected chi connectivity index (χ3v) is 2.67. The summed E-state index contributed by atoms with van der Waals surface area (Å²) in [6.07, 6.45) is 0. The lowest BCUT2D eigenvalue weighted by Gasteiger charge is -2.09. The van der Waals surface area contributed by atoms with Crippen molar-refractivity contribution in [1.82, 2.24) is 9.97 Å². The number of nitrogens with one attached hydrogen (secondary N) is 2. The van der Waals surface area contributed by atoms with Crippen LogP contribution in [0.2, 0.25) is 10.0 Å². The summed E-state index contributed by atoms with van der Waals surface area (Å²) < 4.78 is 0. The highest BCUT2D eigenvalue weighted by molar-refractivity contribution is 6.35. The van der Waals surface area contributed by atoms with Crippen molar-refractivity contribution in [1.29, 1.82) is 0 Å². The number of halogens is 2. The van der Waals surface area contributed by atoms with Gasteiger partial charge in [0, 0.05) is 28.3 Å². The third-order valence-electron chi connectivity index (χ3n) is 2.24. The zero-order valence-electron chi connectivity index (χ0n) is 10.2. The van der Waals surface area contributed by atoms with Gasteiger partial charge < -0.3 is 16.4 Å². The second-order valence-electron chi connectivity index (χ2n) is 3.81. The minimum atomic E-state index is 0.189. The first-order valence-corrected chi connectivity index (χ1v) is 6.44. The summed E-state index contributed by atoms with van der Waals surface area (Å²) in [6.45, 7) is 2.72. The zero-order chi connectivity index (χ0) is 13.8. The molecule has 0 unspecified atom stereocenters. The minimum Gasteiger partial charge on any atom is -0.370 e. The SMILES string of the molecule is CCNc1cc(Nc2cc(Cl)cc(Cl)c2)nc(N)n1. The molecule has 0 saturated heterocycles. The lowest BCUT2D eigenvalue weighted by Crippen LogP contribution is -2.05. The Morgan fingerprint density at radius 3 is 2.32 bits per heavy atom. The van der Waals surface area contributed by atoms with Crippen LogP contribution in [0, 0.1) is 0 Å². The van der Waals surface area contributed by atoms with Gasteiger partial charge in [-0.2, -0.15) is 9.97 Å². The average Bonchev–Trinajstić information content (AvgIpc) is 2.26. The molecule has 1 aromatic heterocycles. The summed E-state index contributed by atoms with van der Waals surface area (Å²) in [6, 6.07) is 6.92. The zero-order valence-corrected chi connectivity index (χ0v) is 11.8. The van der Waals surface area contributed by atoms with E-state index in [1.807, 2.05) is 6.92 Å². The number of hydrogen-bond acceptors (Lipinski definition) is 5. The van der Waals surface area contributed by atoms with Crippen LogP contribution in [0.5, 0.6) is 0 Å². The number of anilines is 4. The normalized spacial score (nSPS) is 10.3. The van der Waals surface area contributed by atoms with Gasteiger partial charge >= 0.3 is 0 Å². The molecule has 0 atom stereocenters. The Labute approximate surface area is 121 Å². The van der Waals surface area contributed by atoms with Gasteiger partial charge in [-0.15, -0.1) is 0 Å². The molecule has 1 aromatic carbocycles. The Bertz CT molecular complexity index is 568. The highest BCUT2D eigenvalue weighted by Gasteiger charge is 2.04. The molecule has 0 aliphatic heterocycles. The molecule has 7 heteroatoms. The number of hydrogen-bond donors (Lipinski definition) is 3. The van der Waals surface area contributed by atoms with E-state index >= 15 is 0 Å². The first kappa shape index (κ1) is 13.7. The molecule has 5 nitrogen and oxygen atoms in total. The molecule has 2 aromatic rings. The Balaban J connectivity index is 2.27. The summed E-state index contributed by atoms with van der Waals surface area (Å²) in [4.78, 5) is 8.16. The van der Waals surface area contributed by atoms with E-state index < -0.39 is 0 Å². The predicted molar refractivity (Wildman–Crippen MR) is 80.4 cm³/mol. The monoisotopic (exact) mass is 297 g/mol. The fraction of sp³-hybridized carbons (Fsp3) is 0.167. The molecular weight excluding hydrogens is 285 g/mol.